The Hall–Kier alpha value is -3.22. The maximum atomic E-state index is 13.5. The zero-order valence-corrected chi connectivity index (χ0v) is 17.0. The Morgan fingerprint density at radius 3 is 2.52 bits per heavy atom. The first-order valence-electron chi connectivity index (χ1n) is 9.42. The summed E-state index contributed by atoms with van der Waals surface area (Å²) in [4.78, 5) is 4.24. The van der Waals surface area contributed by atoms with E-state index in [-0.39, 0.29) is 6.04 Å². The lowest BCUT2D eigenvalue weighted by atomic mass is 10.1. The second-order valence-corrected chi connectivity index (χ2v) is 6.93. The smallest absolute Gasteiger partial charge is 0.191 e. The predicted molar refractivity (Wildman–Crippen MR) is 111 cm³/mol. The average molecular weight is 397 g/mol. The molecule has 0 bridgehead atoms. The fourth-order valence-corrected chi connectivity index (χ4v) is 3.18. The molecular formula is C22H25F2N5. The quantitative estimate of drug-likeness (QED) is 0.501. The minimum absolute atomic E-state index is 0.248. The maximum Gasteiger partial charge on any atom is 0.191 e. The van der Waals surface area contributed by atoms with E-state index in [1.54, 1.807) is 13.1 Å². The fourth-order valence-electron chi connectivity index (χ4n) is 3.18. The molecule has 0 spiro atoms. The SMILES string of the molecule is CN=C(NCc1ccccc1-n1nc(C)cc1C)NC(C)c1ccc(F)c(F)c1. The van der Waals surface area contributed by atoms with Crippen LogP contribution in [0, 0.1) is 25.5 Å². The van der Waals surface area contributed by atoms with Crippen LogP contribution in [0.15, 0.2) is 53.5 Å². The van der Waals surface area contributed by atoms with Crippen LogP contribution >= 0.6 is 0 Å². The zero-order valence-electron chi connectivity index (χ0n) is 17.0. The zero-order chi connectivity index (χ0) is 21.0. The molecule has 5 nitrogen and oxygen atoms in total. The van der Waals surface area contributed by atoms with Crippen LogP contribution in [0.3, 0.4) is 0 Å². The highest BCUT2D eigenvalue weighted by molar-refractivity contribution is 5.80. The molecule has 0 fully saturated rings. The number of para-hydroxylation sites is 1. The number of hydrogen-bond donors (Lipinski definition) is 2. The molecular weight excluding hydrogens is 372 g/mol. The van der Waals surface area contributed by atoms with Gasteiger partial charge in [-0.1, -0.05) is 24.3 Å². The molecule has 1 atom stereocenters. The second kappa shape index (κ2) is 8.86. The van der Waals surface area contributed by atoms with Crippen LogP contribution in [-0.4, -0.2) is 22.8 Å². The summed E-state index contributed by atoms with van der Waals surface area (Å²) < 4.78 is 28.6. The van der Waals surface area contributed by atoms with E-state index in [1.807, 2.05) is 55.8 Å². The fraction of sp³-hybridized carbons (Fsp3) is 0.273. The first kappa shape index (κ1) is 20.5. The van der Waals surface area contributed by atoms with Gasteiger partial charge in [0.25, 0.3) is 0 Å². The molecule has 3 rings (SSSR count). The molecule has 0 aliphatic rings. The molecule has 2 aromatic carbocycles. The van der Waals surface area contributed by atoms with Gasteiger partial charge in [0.2, 0.25) is 0 Å². The number of guanidine groups is 1. The van der Waals surface area contributed by atoms with Crippen molar-refractivity contribution in [1.29, 1.82) is 0 Å². The number of aryl methyl sites for hydroxylation is 2. The topological polar surface area (TPSA) is 54.2 Å². The molecule has 0 aliphatic heterocycles. The molecule has 29 heavy (non-hydrogen) atoms. The summed E-state index contributed by atoms with van der Waals surface area (Å²) in [5.41, 5.74) is 4.71. The first-order valence-corrected chi connectivity index (χ1v) is 9.42. The van der Waals surface area contributed by atoms with Gasteiger partial charge in [-0.05, 0) is 56.2 Å². The highest BCUT2D eigenvalue weighted by atomic mass is 19.2. The van der Waals surface area contributed by atoms with Crippen LogP contribution in [0.5, 0.6) is 0 Å². The van der Waals surface area contributed by atoms with Crippen molar-refractivity contribution in [3.05, 3.63) is 82.7 Å². The molecule has 7 heteroatoms. The minimum Gasteiger partial charge on any atom is -0.352 e. The van der Waals surface area contributed by atoms with Gasteiger partial charge in [-0.25, -0.2) is 13.5 Å². The molecule has 0 aliphatic carbocycles. The van der Waals surface area contributed by atoms with Crippen molar-refractivity contribution < 1.29 is 8.78 Å². The molecule has 152 valence electrons. The number of benzene rings is 2. The molecule has 0 saturated carbocycles. The van der Waals surface area contributed by atoms with E-state index in [2.05, 4.69) is 20.7 Å². The lowest BCUT2D eigenvalue weighted by Gasteiger charge is -2.19. The van der Waals surface area contributed by atoms with E-state index >= 15 is 0 Å². The summed E-state index contributed by atoms with van der Waals surface area (Å²) in [6.45, 7) is 6.38. The Morgan fingerprint density at radius 2 is 1.86 bits per heavy atom. The molecule has 3 aromatic rings. The van der Waals surface area contributed by atoms with Gasteiger partial charge in [-0.2, -0.15) is 5.10 Å². The van der Waals surface area contributed by atoms with E-state index in [0.717, 1.165) is 28.7 Å². The van der Waals surface area contributed by atoms with Crippen LogP contribution in [0.2, 0.25) is 0 Å². The third kappa shape index (κ3) is 4.80. The normalized spacial score (nSPS) is 12.7. The van der Waals surface area contributed by atoms with Gasteiger partial charge >= 0.3 is 0 Å². The third-order valence-corrected chi connectivity index (χ3v) is 4.70. The van der Waals surface area contributed by atoms with Crippen LogP contribution in [-0.2, 0) is 6.54 Å². The first-order chi connectivity index (χ1) is 13.9. The number of rotatable bonds is 5. The summed E-state index contributed by atoms with van der Waals surface area (Å²) in [7, 11) is 1.67. The summed E-state index contributed by atoms with van der Waals surface area (Å²) in [5.74, 6) is -1.16. The molecule has 1 aromatic heterocycles. The van der Waals surface area contributed by atoms with Crippen molar-refractivity contribution in [3.8, 4) is 5.69 Å². The van der Waals surface area contributed by atoms with Crippen LogP contribution in [0.25, 0.3) is 5.69 Å². The predicted octanol–water partition coefficient (Wildman–Crippen LogP) is 4.19. The van der Waals surface area contributed by atoms with Crippen molar-refractivity contribution in [2.75, 3.05) is 7.05 Å². The van der Waals surface area contributed by atoms with Gasteiger partial charge in [0.1, 0.15) is 0 Å². The summed E-state index contributed by atoms with van der Waals surface area (Å²) in [6, 6.07) is 13.7. The molecule has 0 amide bonds. The molecule has 0 radical (unpaired) electrons. The number of nitrogens with zero attached hydrogens (tertiary/aromatic N) is 3. The summed E-state index contributed by atoms with van der Waals surface area (Å²) in [6.07, 6.45) is 0. The monoisotopic (exact) mass is 397 g/mol. The minimum atomic E-state index is -0.863. The third-order valence-electron chi connectivity index (χ3n) is 4.70. The standard InChI is InChI=1S/C22H25F2N5/c1-14-11-15(2)29(28-14)21-8-6-5-7-18(21)13-26-22(25-4)27-16(3)17-9-10-19(23)20(24)12-17/h5-12,16H,13H2,1-4H3,(H2,25,26,27). The van der Waals surface area contributed by atoms with Crippen LogP contribution in [0.4, 0.5) is 8.78 Å². The summed E-state index contributed by atoms with van der Waals surface area (Å²) >= 11 is 0. The molecule has 2 N–H and O–H groups in total. The number of hydrogen-bond acceptors (Lipinski definition) is 2. The number of aromatic nitrogens is 2. The van der Waals surface area contributed by atoms with Gasteiger partial charge in [0.05, 0.1) is 17.4 Å². The highest BCUT2D eigenvalue weighted by Gasteiger charge is 2.12. The molecule has 1 heterocycles. The Labute approximate surface area is 169 Å². The van der Waals surface area contributed by atoms with Crippen molar-refractivity contribution in [3.63, 3.8) is 0 Å². The van der Waals surface area contributed by atoms with E-state index in [4.69, 9.17) is 0 Å². The van der Waals surface area contributed by atoms with Gasteiger partial charge in [-0.15, -0.1) is 0 Å². The maximum absolute atomic E-state index is 13.5. The van der Waals surface area contributed by atoms with Crippen LogP contribution in [0.1, 0.15) is 35.5 Å². The van der Waals surface area contributed by atoms with E-state index < -0.39 is 11.6 Å². The molecule has 0 saturated heterocycles. The van der Waals surface area contributed by atoms with E-state index in [1.165, 1.54) is 6.07 Å². The molecule has 1 unspecified atom stereocenters. The average Bonchev–Trinajstić information content (AvgIpc) is 3.05. The Balaban J connectivity index is 1.72. The van der Waals surface area contributed by atoms with Gasteiger partial charge in [0.15, 0.2) is 17.6 Å². The highest BCUT2D eigenvalue weighted by Crippen LogP contribution is 2.18. The Morgan fingerprint density at radius 1 is 1.10 bits per heavy atom. The van der Waals surface area contributed by atoms with Gasteiger partial charge in [0, 0.05) is 19.3 Å². The number of nitrogens with one attached hydrogen (secondary N) is 2. The van der Waals surface area contributed by atoms with Crippen molar-refractivity contribution in [1.82, 2.24) is 20.4 Å². The lowest BCUT2D eigenvalue weighted by Crippen LogP contribution is -2.38. The van der Waals surface area contributed by atoms with Gasteiger partial charge < -0.3 is 10.6 Å². The number of halogens is 2. The van der Waals surface area contributed by atoms with Crippen molar-refractivity contribution in [2.45, 2.75) is 33.4 Å². The largest absolute Gasteiger partial charge is 0.352 e. The van der Waals surface area contributed by atoms with Gasteiger partial charge in [-0.3, -0.25) is 4.99 Å². The van der Waals surface area contributed by atoms with E-state index in [9.17, 15) is 8.78 Å². The Bertz CT molecular complexity index is 1030. The summed E-state index contributed by atoms with van der Waals surface area (Å²) in [5, 5.41) is 11.0. The van der Waals surface area contributed by atoms with Crippen molar-refractivity contribution >= 4 is 5.96 Å². The van der Waals surface area contributed by atoms with Crippen molar-refractivity contribution in [2.24, 2.45) is 4.99 Å². The van der Waals surface area contributed by atoms with E-state index in [0.29, 0.717) is 18.1 Å². The lowest BCUT2D eigenvalue weighted by molar-refractivity contribution is 0.504. The van der Waals surface area contributed by atoms with Crippen LogP contribution < -0.4 is 10.6 Å². The Kier molecular flexibility index (Phi) is 6.26. The second-order valence-electron chi connectivity index (χ2n) is 6.93. The number of aliphatic imine (C=N–C) groups is 1.